The first-order valence-electron chi connectivity index (χ1n) is 8.85. The topological polar surface area (TPSA) is 39.7 Å². The average Bonchev–Trinajstić information content (AvgIpc) is 3.18. The lowest BCUT2D eigenvalue weighted by molar-refractivity contribution is 0.463. The number of halogens is 3. The molecule has 1 fully saturated rings. The third kappa shape index (κ3) is 6.50. The summed E-state index contributed by atoms with van der Waals surface area (Å²) in [5.74, 6) is 0.496. The molecule has 2 aromatic rings. The minimum atomic E-state index is -0.307. The van der Waals surface area contributed by atoms with Crippen molar-refractivity contribution in [3.8, 4) is 0 Å². The lowest BCUT2D eigenvalue weighted by Crippen LogP contribution is -2.49. The van der Waals surface area contributed by atoms with Crippen LogP contribution in [0.15, 0.2) is 40.7 Å². The molecule has 148 valence electrons. The van der Waals surface area contributed by atoms with Gasteiger partial charge in [0.25, 0.3) is 0 Å². The molecule has 2 N–H and O–H groups in total. The molecule has 3 rings (SSSR count). The zero-order valence-corrected chi connectivity index (χ0v) is 19.2. The van der Waals surface area contributed by atoms with Crippen molar-refractivity contribution in [1.82, 2.24) is 10.6 Å². The molecular formula is C19H25ClFIN4S. The molecule has 1 aromatic heterocycles. The molecule has 0 atom stereocenters. The Labute approximate surface area is 186 Å². The molecule has 0 saturated carbocycles. The zero-order chi connectivity index (χ0) is 18.4. The first kappa shape index (κ1) is 22.2. The summed E-state index contributed by atoms with van der Waals surface area (Å²) < 4.78 is 13.1. The molecule has 0 bridgehead atoms. The number of hydrogen-bond acceptors (Lipinski definition) is 3. The number of benzene rings is 1. The van der Waals surface area contributed by atoms with Crippen molar-refractivity contribution < 1.29 is 4.39 Å². The SMILES string of the molecule is CN=C(NCCc1ccc(F)cc1Cl)NC1CCN(c2cccs2)CC1.I. The second-order valence-corrected chi connectivity index (χ2v) is 7.68. The van der Waals surface area contributed by atoms with E-state index < -0.39 is 0 Å². The summed E-state index contributed by atoms with van der Waals surface area (Å²) in [6, 6.07) is 9.23. The van der Waals surface area contributed by atoms with Gasteiger partial charge in [0.05, 0.1) is 5.00 Å². The summed E-state index contributed by atoms with van der Waals surface area (Å²) in [5, 5.41) is 10.8. The van der Waals surface area contributed by atoms with E-state index in [9.17, 15) is 4.39 Å². The second-order valence-electron chi connectivity index (χ2n) is 6.34. The van der Waals surface area contributed by atoms with Crippen LogP contribution in [-0.4, -0.2) is 38.7 Å². The van der Waals surface area contributed by atoms with Crippen molar-refractivity contribution in [1.29, 1.82) is 0 Å². The lowest BCUT2D eigenvalue weighted by atomic mass is 10.1. The van der Waals surface area contributed by atoms with Gasteiger partial charge in [0, 0.05) is 37.7 Å². The maximum absolute atomic E-state index is 13.1. The van der Waals surface area contributed by atoms with Gasteiger partial charge in [-0.1, -0.05) is 17.7 Å². The molecule has 2 heterocycles. The highest BCUT2D eigenvalue weighted by molar-refractivity contribution is 14.0. The van der Waals surface area contributed by atoms with Crippen LogP contribution >= 0.6 is 46.9 Å². The van der Waals surface area contributed by atoms with Crippen LogP contribution in [0.4, 0.5) is 9.39 Å². The summed E-state index contributed by atoms with van der Waals surface area (Å²) in [6.07, 6.45) is 2.89. The van der Waals surface area contributed by atoms with Crippen LogP contribution in [0.25, 0.3) is 0 Å². The summed E-state index contributed by atoms with van der Waals surface area (Å²) in [5.41, 5.74) is 0.931. The van der Waals surface area contributed by atoms with E-state index in [0.29, 0.717) is 17.6 Å². The number of rotatable bonds is 5. The van der Waals surface area contributed by atoms with Gasteiger partial charge in [-0.15, -0.1) is 35.3 Å². The Hall–Kier alpha value is -1.06. The predicted octanol–water partition coefficient (Wildman–Crippen LogP) is 4.54. The van der Waals surface area contributed by atoms with Crippen molar-refractivity contribution in [2.45, 2.75) is 25.3 Å². The Bertz CT molecular complexity index is 733. The van der Waals surface area contributed by atoms with Gasteiger partial charge >= 0.3 is 0 Å². The smallest absolute Gasteiger partial charge is 0.191 e. The van der Waals surface area contributed by atoms with Crippen molar-refractivity contribution in [2.24, 2.45) is 4.99 Å². The fraction of sp³-hybridized carbons (Fsp3) is 0.421. The summed E-state index contributed by atoms with van der Waals surface area (Å²) in [4.78, 5) is 6.75. The van der Waals surface area contributed by atoms with E-state index >= 15 is 0 Å². The van der Waals surface area contributed by atoms with Gasteiger partial charge < -0.3 is 15.5 Å². The van der Waals surface area contributed by atoms with E-state index in [1.807, 2.05) is 0 Å². The van der Waals surface area contributed by atoms with Crippen LogP contribution < -0.4 is 15.5 Å². The lowest BCUT2D eigenvalue weighted by Gasteiger charge is -2.33. The molecule has 0 unspecified atom stereocenters. The Morgan fingerprint density at radius 1 is 1.33 bits per heavy atom. The van der Waals surface area contributed by atoms with Crippen LogP contribution in [0.2, 0.25) is 5.02 Å². The molecule has 27 heavy (non-hydrogen) atoms. The second kappa shape index (κ2) is 11.1. The molecule has 0 spiro atoms. The van der Waals surface area contributed by atoms with Crippen molar-refractivity contribution >= 4 is 57.9 Å². The maximum atomic E-state index is 13.1. The van der Waals surface area contributed by atoms with Crippen LogP contribution in [0.5, 0.6) is 0 Å². The third-order valence-corrected chi connectivity index (χ3v) is 5.86. The zero-order valence-electron chi connectivity index (χ0n) is 15.3. The fourth-order valence-electron chi connectivity index (χ4n) is 3.12. The molecular weight excluding hydrogens is 498 g/mol. The quantitative estimate of drug-likeness (QED) is 0.344. The van der Waals surface area contributed by atoms with Gasteiger partial charge in [-0.2, -0.15) is 0 Å². The monoisotopic (exact) mass is 522 g/mol. The minimum absolute atomic E-state index is 0. The van der Waals surface area contributed by atoms with Gasteiger partial charge in [-0.3, -0.25) is 4.99 Å². The Balaban J connectivity index is 0.00000261. The first-order valence-corrected chi connectivity index (χ1v) is 10.1. The van der Waals surface area contributed by atoms with Crippen LogP contribution in [0.1, 0.15) is 18.4 Å². The standard InChI is InChI=1S/C19H24ClFN4S.HI/c1-22-19(23-9-6-14-4-5-15(21)13-17(14)20)24-16-7-10-25(11-8-16)18-3-2-12-26-18;/h2-5,12-13,16H,6-11H2,1H3,(H2,22,23,24);1H. The van der Waals surface area contributed by atoms with E-state index in [4.69, 9.17) is 11.6 Å². The number of nitrogens with one attached hydrogen (secondary N) is 2. The highest BCUT2D eigenvalue weighted by atomic mass is 127. The Morgan fingerprint density at radius 2 is 2.11 bits per heavy atom. The summed E-state index contributed by atoms with van der Waals surface area (Å²) in [6.45, 7) is 2.81. The molecule has 0 radical (unpaired) electrons. The molecule has 4 nitrogen and oxygen atoms in total. The molecule has 0 aliphatic carbocycles. The van der Waals surface area contributed by atoms with E-state index in [2.05, 4.69) is 38.0 Å². The molecule has 0 amide bonds. The van der Waals surface area contributed by atoms with Crippen molar-refractivity contribution in [3.63, 3.8) is 0 Å². The molecule has 1 aliphatic rings. The summed E-state index contributed by atoms with van der Waals surface area (Å²) >= 11 is 7.87. The van der Waals surface area contributed by atoms with Crippen LogP contribution in [0, 0.1) is 5.82 Å². The Morgan fingerprint density at radius 3 is 2.74 bits per heavy atom. The average molecular weight is 523 g/mol. The molecule has 8 heteroatoms. The number of nitrogens with zero attached hydrogens (tertiary/aromatic N) is 2. The number of piperidine rings is 1. The molecule has 1 saturated heterocycles. The maximum Gasteiger partial charge on any atom is 0.191 e. The highest BCUT2D eigenvalue weighted by Crippen LogP contribution is 2.24. The van der Waals surface area contributed by atoms with Crippen LogP contribution in [-0.2, 0) is 6.42 Å². The number of aliphatic imine (C=N–C) groups is 1. The predicted molar refractivity (Wildman–Crippen MR) is 125 cm³/mol. The van der Waals surface area contributed by atoms with Crippen molar-refractivity contribution in [3.05, 3.63) is 52.1 Å². The number of guanidine groups is 1. The Kier molecular flexibility index (Phi) is 9.11. The van der Waals surface area contributed by atoms with E-state index in [0.717, 1.165) is 43.9 Å². The van der Waals surface area contributed by atoms with E-state index in [-0.39, 0.29) is 29.8 Å². The largest absolute Gasteiger partial charge is 0.363 e. The van der Waals surface area contributed by atoms with Gasteiger partial charge in [-0.25, -0.2) is 4.39 Å². The van der Waals surface area contributed by atoms with Gasteiger partial charge in [-0.05, 0) is 54.5 Å². The van der Waals surface area contributed by atoms with E-state index in [1.165, 1.54) is 17.1 Å². The van der Waals surface area contributed by atoms with Crippen LogP contribution in [0.3, 0.4) is 0 Å². The van der Waals surface area contributed by atoms with Crippen molar-refractivity contribution in [2.75, 3.05) is 31.6 Å². The highest BCUT2D eigenvalue weighted by Gasteiger charge is 2.20. The van der Waals surface area contributed by atoms with Gasteiger partial charge in [0.2, 0.25) is 0 Å². The summed E-state index contributed by atoms with van der Waals surface area (Å²) in [7, 11) is 1.78. The first-order chi connectivity index (χ1) is 12.7. The number of hydrogen-bond donors (Lipinski definition) is 2. The van der Waals surface area contributed by atoms with Gasteiger partial charge in [0.15, 0.2) is 5.96 Å². The fourth-order valence-corrected chi connectivity index (χ4v) is 4.17. The van der Waals surface area contributed by atoms with Gasteiger partial charge in [0.1, 0.15) is 5.82 Å². The molecule has 1 aliphatic heterocycles. The van der Waals surface area contributed by atoms with E-state index in [1.54, 1.807) is 24.5 Å². The number of thiophene rings is 1. The molecule has 1 aromatic carbocycles. The normalized spacial score (nSPS) is 15.4. The minimum Gasteiger partial charge on any atom is -0.363 e. The number of anilines is 1. The third-order valence-electron chi connectivity index (χ3n) is 4.58.